The molecule has 1 N–H and O–H groups in total. The fraction of sp³-hybridized carbons (Fsp3) is 0.273. The zero-order valence-electron chi connectivity index (χ0n) is 15.8. The summed E-state index contributed by atoms with van der Waals surface area (Å²) >= 11 is 12.4. The number of carbonyl (C=O) groups is 1. The second-order valence-corrected chi connectivity index (χ2v) is 7.92. The standard InChI is InChI=1S/C22H21Cl2N3O2/c23-16-9-7-15(8-10-16)21-13-19(26-29-21)22(28)25-14-20(27-11-3-4-12-27)17-5-1-2-6-18(17)24/h1-2,5-10,13,20H,3-4,11-12,14H2,(H,25,28)/t20-/m1/s1. The fourth-order valence-corrected chi connectivity index (χ4v) is 4.03. The van der Waals surface area contributed by atoms with Crippen LogP contribution in [0.2, 0.25) is 10.0 Å². The minimum absolute atomic E-state index is 0.0257. The maximum absolute atomic E-state index is 12.7. The molecule has 0 unspecified atom stereocenters. The van der Waals surface area contributed by atoms with E-state index in [9.17, 15) is 4.79 Å². The SMILES string of the molecule is O=C(NC[C@H](c1ccccc1Cl)N1CCCC1)c1cc(-c2ccc(Cl)cc2)on1. The zero-order chi connectivity index (χ0) is 20.2. The average molecular weight is 430 g/mol. The van der Waals surface area contributed by atoms with E-state index in [2.05, 4.69) is 15.4 Å². The molecule has 1 fully saturated rings. The largest absolute Gasteiger partial charge is 0.355 e. The lowest BCUT2D eigenvalue weighted by Gasteiger charge is -2.28. The van der Waals surface area contributed by atoms with Crippen molar-refractivity contribution in [1.29, 1.82) is 0 Å². The summed E-state index contributed by atoms with van der Waals surface area (Å²) in [7, 11) is 0. The maximum atomic E-state index is 12.7. The van der Waals surface area contributed by atoms with E-state index in [4.69, 9.17) is 27.7 Å². The van der Waals surface area contributed by atoms with Crippen LogP contribution in [-0.4, -0.2) is 35.6 Å². The van der Waals surface area contributed by atoms with E-state index in [1.54, 1.807) is 18.2 Å². The molecule has 1 amide bonds. The number of amides is 1. The number of hydrogen-bond acceptors (Lipinski definition) is 4. The number of rotatable bonds is 6. The monoisotopic (exact) mass is 429 g/mol. The number of nitrogens with one attached hydrogen (secondary N) is 1. The van der Waals surface area contributed by atoms with Gasteiger partial charge >= 0.3 is 0 Å². The lowest BCUT2D eigenvalue weighted by molar-refractivity contribution is 0.0929. The van der Waals surface area contributed by atoms with Crippen LogP contribution >= 0.6 is 23.2 Å². The third-order valence-electron chi connectivity index (χ3n) is 5.17. The van der Waals surface area contributed by atoms with E-state index < -0.39 is 0 Å². The summed E-state index contributed by atoms with van der Waals surface area (Å²) < 4.78 is 5.34. The van der Waals surface area contributed by atoms with Crippen molar-refractivity contribution in [2.75, 3.05) is 19.6 Å². The lowest BCUT2D eigenvalue weighted by Crippen LogP contribution is -2.37. The highest BCUT2D eigenvalue weighted by molar-refractivity contribution is 6.31. The van der Waals surface area contributed by atoms with Crippen molar-refractivity contribution < 1.29 is 9.32 Å². The Morgan fingerprint density at radius 3 is 2.55 bits per heavy atom. The van der Waals surface area contributed by atoms with E-state index in [1.807, 2.05) is 36.4 Å². The summed E-state index contributed by atoms with van der Waals surface area (Å²) in [6.07, 6.45) is 2.31. The highest BCUT2D eigenvalue weighted by atomic mass is 35.5. The van der Waals surface area contributed by atoms with Crippen LogP contribution in [0.5, 0.6) is 0 Å². The maximum Gasteiger partial charge on any atom is 0.273 e. The van der Waals surface area contributed by atoms with Gasteiger partial charge in [-0.25, -0.2) is 0 Å². The van der Waals surface area contributed by atoms with Crippen molar-refractivity contribution in [3.05, 3.63) is 75.9 Å². The molecular weight excluding hydrogens is 409 g/mol. The first-order chi connectivity index (χ1) is 14.1. The molecule has 7 heteroatoms. The van der Waals surface area contributed by atoms with Gasteiger partial charge in [0.05, 0.1) is 6.04 Å². The van der Waals surface area contributed by atoms with Crippen molar-refractivity contribution >= 4 is 29.1 Å². The highest BCUT2D eigenvalue weighted by Gasteiger charge is 2.26. The summed E-state index contributed by atoms with van der Waals surface area (Å²) in [4.78, 5) is 15.0. The van der Waals surface area contributed by atoms with Crippen LogP contribution in [0.1, 0.15) is 34.9 Å². The summed E-state index contributed by atoms with van der Waals surface area (Å²) in [6.45, 7) is 2.44. The first-order valence-corrected chi connectivity index (χ1v) is 10.4. The summed E-state index contributed by atoms with van der Waals surface area (Å²) in [5.41, 5.74) is 2.08. The molecule has 1 aliphatic rings. The Hall–Kier alpha value is -2.34. The smallest absolute Gasteiger partial charge is 0.273 e. The minimum Gasteiger partial charge on any atom is -0.355 e. The number of carbonyl (C=O) groups excluding carboxylic acids is 1. The predicted molar refractivity (Wildman–Crippen MR) is 114 cm³/mol. The molecule has 3 aromatic rings. The van der Waals surface area contributed by atoms with Crippen LogP contribution in [0, 0.1) is 0 Å². The molecule has 2 heterocycles. The van der Waals surface area contributed by atoms with Crippen LogP contribution in [-0.2, 0) is 0 Å². The van der Waals surface area contributed by atoms with E-state index >= 15 is 0 Å². The lowest BCUT2D eigenvalue weighted by atomic mass is 10.1. The Bertz CT molecular complexity index is 982. The summed E-state index contributed by atoms with van der Waals surface area (Å²) in [5, 5.41) is 8.26. The van der Waals surface area contributed by atoms with Crippen molar-refractivity contribution in [1.82, 2.24) is 15.4 Å². The number of benzene rings is 2. The van der Waals surface area contributed by atoms with Gasteiger partial charge in [-0.15, -0.1) is 0 Å². The number of nitrogens with zero attached hydrogens (tertiary/aromatic N) is 2. The quantitative estimate of drug-likeness (QED) is 0.583. The molecule has 1 saturated heterocycles. The molecule has 4 rings (SSSR count). The van der Waals surface area contributed by atoms with Gasteiger partial charge in [0.15, 0.2) is 11.5 Å². The van der Waals surface area contributed by atoms with Crippen molar-refractivity contribution in [2.45, 2.75) is 18.9 Å². The van der Waals surface area contributed by atoms with Crippen LogP contribution in [0.25, 0.3) is 11.3 Å². The topological polar surface area (TPSA) is 58.4 Å². The molecule has 29 heavy (non-hydrogen) atoms. The third kappa shape index (κ3) is 4.64. The van der Waals surface area contributed by atoms with Crippen LogP contribution < -0.4 is 5.32 Å². The Labute approximate surface area is 179 Å². The molecule has 0 spiro atoms. The second kappa shape index (κ2) is 8.99. The molecule has 5 nitrogen and oxygen atoms in total. The van der Waals surface area contributed by atoms with Gasteiger partial charge < -0.3 is 9.84 Å². The van der Waals surface area contributed by atoms with Gasteiger partial charge in [0.25, 0.3) is 5.91 Å². The molecule has 1 aromatic heterocycles. The van der Waals surface area contributed by atoms with E-state index in [-0.39, 0.29) is 17.6 Å². The van der Waals surface area contributed by atoms with Gasteiger partial charge in [0.1, 0.15) is 0 Å². The molecule has 0 bridgehead atoms. The van der Waals surface area contributed by atoms with Crippen molar-refractivity contribution in [3.8, 4) is 11.3 Å². The molecule has 150 valence electrons. The van der Waals surface area contributed by atoms with Crippen molar-refractivity contribution in [3.63, 3.8) is 0 Å². The second-order valence-electron chi connectivity index (χ2n) is 7.07. The molecule has 1 aliphatic heterocycles. The van der Waals surface area contributed by atoms with Crippen LogP contribution in [0.3, 0.4) is 0 Å². The van der Waals surface area contributed by atoms with Crippen LogP contribution in [0.15, 0.2) is 59.1 Å². The molecule has 0 radical (unpaired) electrons. The number of likely N-dealkylation sites (tertiary alicyclic amines) is 1. The highest BCUT2D eigenvalue weighted by Crippen LogP contribution is 2.30. The first kappa shape index (κ1) is 20.0. The van der Waals surface area contributed by atoms with Gasteiger partial charge in [0, 0.05) is 28.2 Å². The molecule has 2 aromatic carbocycles. The summed E-state index contributed by atoms with van der Waals surface area (Å²) in [6, 6.07) is 16.6. The first-order valence-electron chi connectivity index (χ1n) is 9.61. The minimum atomic E-state index is -0.273. The normalized spacial score (nSPS) is 15.4. The molecule has 0 aliphatic carbocycles. The molecule has 0 saturated carbocycles. The van der Waals surface area contributed by atoms with Gasteiger partial charge in [-0.1, -0.05) is 46.6 Å². The molecular formula is C22H21Cl2N3O2. The summed E-state index contributed by atoms with van der Waals surface area (Å²) in [5.74, 6) is 0.249. The number of hydrogen-bond donors (Lipinski definition) is 1. The number of halogens is 2. The average Bonchev–Trinajstić information content (AvgIpc) is 3.42. The van der Waals surface area contributed by atoms with Gasteiger partial charge in [-0.2, -0.15) is 0 Å². The van der Waals surface area contributed by atoms with E-state index in [1.165, 1.54) is 0 Å². The van der Waals surface area contributed by atoms with E-state index in [0.29, 0.717) is 22.4 Å². The third-order valence-corrected chi connectivity index (χ3v) is 5.77. The zero-order valence-corrected chi connectivity index (χ0v) is 17.3. The Kier molecular flexibility index (Phi) is 6.19. The Balaban J connectivity index is 1.47. The fourth-order valence-electron chi connectivity index (χ4n) is 3.65. The Morgan fingerprint density at radius 1 is 1.10 bits per heavy atom. The van der Waals surface area contributed by atoms with E-state index in [0.717, 1.165) is 37.1 Å². The van der Waals surface area contributed by atoms with Crippen LogP contribution in [0.4, 0.5) is 0 Å². The number of aromatic nitrogens is 1. The Morgan fingerprint density at radius 2 is 1.83 bits per heavy atom. The predicted octanol–water partition coefficient (Wildman–Crippen LogP) is 5.22. The van der Waals surface area contributed by atoms with Gasteiger partial charge in [-0.3, -0.25) is 9.69 Å². The van der Waals surface area contributed by atoms with Gasteiger partial charge in [0.2, 0.25) is 0 Å². The van der Waals surface area contributed by atoms with Gasteiger partial charge in [-0.05, 0) is 61.8 Å². The molecule has 1 atom stereocenters. The van der Waals surface area contributed by atoms with Crippen molar-refractivity contribution in [2.24, 2.45) is 0 Å².